The molecule has 4 N–H and O–H groups in total. The van der Waals surface area contributed by atoms with Crippen LogP contribution in [0.1, 0.15) is 86.0 Å². The molecule has 0 spiro atoms. The highest BCUT2D eigenvalue weighted by molar-refractivity contribution is 5.70. The van der Waals surface area contributed by atoms with Crippen molar-refractivity contribution in [3.8, 4) is 0 Å². The summed E-state index contributed by atoms with van der Waals surface area (Å²) >= 11 is 0. The molecule has 152 valence electrons. The molecule has 0 aromatic carbocycles. The van der Waals surface area contributed by atoms with E-state index < -0.39 is 18.0 Å². The smallest absolute Gasteiger partial charge is 0.306 e. The highest BCUT2D eigenvalue weighted by Gasteiger charge is 2.14. The molecular weight excluding hydrogens is 324 g/mol. The van der Waals surface area contributed by atoms with Gasteiger partial charge in [-0.3, -0.25) is 9.59 Å². The van der Waals surface area contributed by atoms with E-state index in [9.17, 15) is 9.59 Å². The Morgan fingerprint density at radius 2 is 0.920 bits per heavy atom. The van der Waals surface area contributed by atoms with Crippen molar-refractivity contribution in [1.29, 1.82) is 0 Å². The first-order valence-electron chi connectivity index (χ1n) is 9.45. The van der Waals surface area contributed by atoms with Crippen molar-refractivity contribution in [2.75, 3.05) is 6.61 Å². The largest absolute Gasteiger partial charge is 0.481 e. The van der Waals surface area contributed by atoms with Crippen LogP contribution < -0.4 is 0 Å². The van der Waals surface area contributed by atoms with Crippen LogP contribution in [0.2, 0.25) is 0 Å². The van der Waals surface area contributed by atoms with E-state index in [1.54, 1.807) is 0 Å². The third kappa shape index (κ3) is 22.9. The molecular formula is C19H40O6. The van der Waals surface area contributed by atoms with Crippen molar-refractivity contribution in [2.24, 2.45) is 11.8 Å². The number of hydrogen-bond donors (Lipinski definition) is 4. The first-order valence-corrected chi connectivity index (χ1v) is 9.45. The maximum Gasteiger partial charge on any atom is 0.306 e. The molecule has 0 radical (unpaired) electrons. The molecule has 1 atom stereocenters. The Hall–Kier alpha value is -1.14. The van der Waals surface area contributed by atoms with Crippen molar-refractivity contribution in [1.82, 2.24) is 0 Å². The molecule has 0 aliphatic carbocycles. The summed E-state index contributed by atoms with van der Waals surface area (Å²) < 4.78 is 0. The SMILES string of the molecule is CC(O)CO.CCCC(CCC)C(=O)O.CCCC(CCC)C(=O)O. The van der Waals surface area contributed by atoms with Gasteiger partial charge in [-0.15, -0.1) is 0 Å². The highest BCUT2D eigenvalue weighted by atomic mass is 16.4. The van der Waals surface area contributed by atoms with Crippen LogP contribution in [0.25, 0.3) is 0 Å². The molecule has 0 aromatic rings. The van der Waals surface area contributed by atoms with Gasteiger partial charge in [-0.1, -0.05) is 53.4 Å². The quantitative estimate of drug-likeness (QED) is 0.441. The third-order valence-electron chi connectivity index (χ3n) is 3.51. The van der Waals surface area contributed by atoms with Gasteiger partial charge in [-0.25, -0.2) is 0 Å². The number of aliphatic hydroxyl groups is 2. The average Bonchev–Trinajstić information content (AvgIpc) is 2.55. The van der Waals surface area contributed by atoms with Gasteiger partial charge in [-0.05, 0) is 32.6 Å². The number of aliphatic hydroxyl groups excluding tert-OH is 2. The maximum absolute atomic E-state index is 10.5. The fourth-order valence-corrected chi connectivity index (χ4v) is 2.18. The molecule has 1 unspecified atom stereocenters. The van der Waals surface area contributed by atoms with E-state index in [1.165, 1.54) is 6.92 Å². The summed E-state index contributed by atoms with van der Waals surface area (Å²) in [6.07, 6.45) is 6.61. The van der Waals surface area contributed by atoms with E-state index in [1.807, 2.05) is 27.7 Å². The first-order chi connectivity index (χ1) is 11.7. The molecule has 0 amide bonds. The summed E-state index contributed by atoms with van der Waals surface area (Å²) in [5.74, 6) is -1.47. The summed E-state index contributed by atoms with van der Waals surface area (Å²) in [5, 5.41) is 33.3. The van der Waals surface area contributed by atoms with Crippen LogP contribution in [0.15, 0.2) is 0 Å². The van der Waals surface area contributed by atoms with Gasteiger partial charge >= 0.3 is 11.9 Å². The summed E-state index contributed by atoms with van der Waals surface area (Å²) in [6.45, 7) is 9.47. The molecule has 6 heteroatoms. The molecule has 25 heavy (non-hydrogen) atoms. The van der Waals surface area contributed by atoms with Crippen molar-refractivity contribution < 1.29 is 30.0 Å². The van der Waals surface area contributed by atoms with Gasteiger partial charge < -0.3 is 20.4 Å². The predicted octanol–water partition coefficient (Wildman–Crippen LogP) is 3.93. The Morgan fingerprint density at radius 1 is 0.720 bits per heavy atom. The fraction of sp³-hybridized carbons (Fsp3) is 0.895. The molecule has 0 rings (SSSR count). The zero-order valence-corrected chi connectivity index (χ0v) is 16.7. The molecule has 0 fully saturated rings. The lowest BCUT2D eigenvalue weighted by molar-refractivity contribution is -0.143. The van der Waals surface area contributed by atoms with E-state index >= 15 is 0 Å². The zero-order chi connectivity index (χ0) is 20.3. The highest BCUT2D eigenvalue weighted by Crippen LogP contribution is 2.13. The molecule has 0 aliphatic rings. The van der Waals surface area contributed by atoms with Crippen molar-refractivity contribution in [3.63, 3.8) is 0 Å². The lowest BCUT2D eigenvalue weighted by Gasteiger charge is -2.07. The van der Waals surface area contributed by atoms with Crippen LogP contribution >= 0.6 is 0 Å². The summed E-state index contributed by atoms with van der Waals surface area (Å²) in [7, 11) is 0. The van der Waals surface area contributed by atoms with Crippen LogP contribution in [0, 0.1) is 11.8 Å². The number of aliphatic carboxylic acids is 2. The summed E-state index contributed by atoms with van der Waals surface area (Å²) in [6, 6.07) is 0. The molecule has 0 heterocycles. The van der Waals surface area contributed by atoms with E-state index in [2.05, 4.69) is 0 Å². The van der Waals surface area contributed by atoms with E-state index in [-0.39, 0.29) is 18.4 Å². The van der Waals surface area contributed by atoms with Crippen molar-refractivity contribution in [3.05, 3.63) is 0 Å². The van der Waals surface area contributed by atoms with Crippen LogP contribution in [-0.2, 0) is 9.59 Å². The lowest BCUT2D eigenvalue weighted by atomic mass is 9.99. The maximum atomic E-state index is 10.5. The second kappa shape index (κ2) is 20.9. The normalized spacial score (nSPS) is 11.2. The Bertz CT molecular complexity index is 266. The average molecular weight is 365 g/mol. The van der Waals surface area contributed by atoms with Gasteiger partial charge in [0.15, 0.2) is 0 Å². The minimum atomic E-state index is -0.635. The molecule has 0 saturated heterocycles. The second-order valence-corrected chi connectivity index (χ2v) is 6.26. The molecule has 0 aliphatic heterocycles. The predicted molar refractivity (Wildman–Crippen MR) is 101 cm³/mol. The number of carboxylic acids is 2. The third-order valence-corrected chi connectivity index (χ3v) is 3.51. The van der Waals surface area contributed by atoms with Crippen LogP contribution in [0.4, 0.5) is 0 Å². The number of hydrogen-bond acceptors (Lipinski definition) is 4. The molecule has 0 aromatic heterocycles. The van der Waals surface area contributed by atoms with E-state index in [4.69, 9.17) is 20.4 Å². The van der Waals surface area contributed by atoms with Gasteiger partial charge in [0.2, 0.25) is 0 Å². The minimum Gasteiger partial charge on any atom is -0.481 e. The zero-order valence-electron chi connectivity index (χ0n) is 16.7. The molecule has 6 nitrogen and oxygen atoms in total. The summed E-state index contributed by atoms with van der Waals surface area (Å²) in [4.78, 5) is 21.0. The van der Waals surface area contributed by atoms with Gasteiger partial charge in [0.25, 0.3) is 0 Å². The van der Waals surface area contributed by atoms with E-state index in [0.29, 0.717) is 0 Å². The number of carbonyl (C=O) groups is 2. The Balaban J connectivity index is -0.000000308. The first kappa shape index (κ1) is 28.7. The van der Waals surface area contributed by atoms with Gasteiger partial charge in [0, 0.05) is 0 Å². The van der Waals surface area contributed by atoms with Crippen LogP contribution in [-0.4, -0.2) is 45.1 Å². The standard InChI is InChI=1S/2C8H16O2.C3H8O2/c2*1-3-5-7(6-4-2)8(9)10;1-3(5)2-4/h2*7H,3-6H2,1-2H3,(H,9,10);3-5H,2H2,1H3. The van der Waals surface area contributed by atoms with Crippen molar-refractivity contribution in [2.45, 2.75) is 92.1 Å². The molecule has 0 bridgehead atoms. The fourth-order valence-electron chi connectivity index (χ4n) is 2.18. The molecule has 0 saturated carbocycles. The second-order valence-electron chi connectivity index (χ2n) is 6.26. The Kier molecular flexibility index (Phi) is 24.0. The Morgan fingerprint density at radius 3 is 1.00 bits per heavy atom. The van der Waals surface area contributed by atoms with E-state index in [0.717, 1.165) is 51.4 Å². The summed E-state index contributed by atoms with van der Waals surface area (Å²) in [5.41, 5.74) is 0. The van der Waals surface area contributed by atoms with Gasteiger partial charge in [0.05, 0.1) is 24.5 Å². The monoisotopic (exact) mass is 364 g/mol. The lowest BCUT2D eigenvalue weighted by Crippen LogP contribution is -2.12. The van der Waals surface area contributed by atoms with Gasteiger partial charge in [0.1, 0.15) is 0 Å². The number of carboxylic acid groups (broad SMARTS) is 2. The topological polar surface area (TPSA) is 115 Å². The van der Waals surface area contributed by atoms with Crippen LogP contribution in [0.5, 0.6) is 0 Å². The van der Waals surface area contributed by atoms with Gasteiger partial charge in [-0.2, -0.15) is 0 Å². The van der Waals surface area contributed by atoms with Crippen molar-refractivity contribution >= 4 is 11.9 Å². The Labute approximate surface area is 153 Å². The minimum absolute atomic E-state index is 0.102. The van der Waals surface area contributed by atoms with Crippen LogP contribution in [0.3, 0.4) is 0 Å². The number of rotatable bonds is 11.